The molecule has 0 amide bonds. The van der Waals surface area contributed by atoms with E-state index >= 15 is 0 Å². The van der Waals surface area contributed by atoms with E-state index in [1.165, 1.54) is 25.3 Å². The Morgan fingerprint density at radius 3 is 2.78 bits per heavy atom. The third kappa shape index (κ3) is 3.24. The average molecular weight is 270 g/mol. The Labute approximate surface area is 114 Å². The molecule has 0 radical (unpaired) electrons. The summed E-state index contributed by atoms with van der Waals surface area (Å²) >= 11 is 5.83. The quantitative estimate of drug-likeness (QED) is 0.797. The highest BCUT2D eigenvalue weighted by Crippen LogP contribution is 2.34. The van der Waals surface area contributed by atoms with Crippen LogP contribution in [0, 0.1) is 5.82 Å². The molecule has 0 spiro atoms. The van der Waals surface area contributed by atoms with Crippen molar-refractivity contribution in [3.8, 4) is 0 Å². The van der Waals surface area contributed by atoms with E-state index in [0.717, 1.165) is 24.9 Å². The van der Waals surface area contributed by atoms with Crippen molar-refractivity contribution in [2.75, 3.05) is 6.54 Å². The average Bonchev–Trinajstić information content (AvgIpc) is 2.56. The van der Waals surface area contributed by atoms with E-state index in [4.69, 9.17) is 11.6 Å². The van der Waals surface area contributed by atoms with E-state index < -0.39 is 0 Å². The van der Waals surface area contributed by atoms with Crippen LogP contribution in [0.3, 0.4) is 0 Å². The number of hydrogen-bond acceptors (Lipinski definition) is 1. The second kappa shape index (κ2) is 6.53. The molecule has 18 heavy (non-hydrogen) atoms. The zero-order valence-corrected chi connectivity index (χ0v) is 11.6. The van der Waals surface area contributed by atoms with E-state index in [1.807, 2.05) is 6.07 Å². The van der Waals surface area contributed by atoms with Crippen LogP contribution in [0.5, 0.6) is 0 Å². The van der Waals surface area contributed by atoms with Crippen molar-refractivity contribution in [3.63, 3.8) is 0 Å². The lowest BCUT2D eigenvalue weighted by Crippen LogP contribution is -2.34. The fourth-order valence-corrected chi connectivity index (χ4v) is 3.15. The standard InChI is InChI=1S/C15H21ClFN/c1-2-18-15-7-5-3-4-6-13(15)12-9-8-11(16)10-14(12)17/h8-10,13,15,18H,2-7H2,1H3. The SMILES string of the molecule is CCNC1CCCCCC1c1ccc(Cl)cc1F. The number of rotatable bonds is 3. The van der Waals surface area contributed by atoms with Gasteiger partial charge in [0.05, 0.1) is 0 Å². The van der Waals surface area contributed by atoms with Crippen LogP contribution < -0.4 is 5.32 Å². The molecule has 1 aliphatic rings. The van der Waals surface area contributed by atoms with Gasteiger partial charge in [0, 0.05) is 17.0 Å². The molecule has 1 fully saturated rings. The molecular formula is C15H21ClFN. The van der Waals surface area contributed by atoms with Gasteiger partial charge in [-0.05, 0) is 37.1 Å². The molecule has 0 aliphatic heterocycles. The Balaban J connectivity index is 2.25. The zero-order chi connectivity index (χ0) is 13.0. The smallest absolute Gasteiger partial charge is 0.128 e. The molecule has 0 heterocycles. The number of nitrogens with one attached hydrogen (secondary N) is 1. The van der Waals surface area contributed by atoms with E-state index in [2.05, 4.69) is 12.2 Å². The summed E-state index contributed by atoms with van der Waals surface area (Å²) in [5, 5.41) is 3.99. The third-order valence-corrected chi connectivity index (χ3v) is 4.08. The molecule has 100 valence electrons. The van der Waals surface area contributed by atoms with E-state index in [0.29, 0.717) is 11.1 Å². The van der Waals surface area contributed by atoms with E-state index in [1.54, 1.807) is 6.07 Å². The molecule has 1 N–H and O–H groups in total. The fourth-order valence-electron chi connectivity index (χ4n) is 2.99. The Hall–Kier alpha value is -0.600. The molecule has 1 nitrogen and oxygen atoms in total. The Morgan fingerprint density at radius 1 is 1.28 bits per heavy atom. The van der Waals surface area contributed by atoms with Gasteiger partial charge in [-0.15, -0.1) is 0 Å². The third-order valence-electron chi connectivity index (χ3n) is 3.84. The summed E-state index contributed by atoms with van der Waals surface area (Å²) in [5.74, 6) is 0.127. The number of benzene rings is 1. The first-order valence-electron chi connectivity index (χ1n) is 6.90. The first-order valence-corrected chi connectivity index (χ1v) is 7.28. The van der Waals surface area contributed by atoms with Crippen LogP contribution in [0.15, 0.2) is 18.2 Å². The van der Waals surface area contributed by atoms with Gasteiger partial charge < -0.3 is 5.32 Å². The van der Waals surface area contributed by atoms with Gasteiger partial charge in [-0.1, -0.05) is 43.9 Å². The highest BCUT2D eigenvalue weighted by molar-refractivity contribution is 6.30. The molecule has 2 unspecified atom stereocenters. The molecule has 3 heteroatoms. The molecule has 1 aromatic carbocycles. The van der Waals surface area contributed by atoms with Crippen molar-refractivity contribution in [2.45, 2.75) is 51.0 Å². The van der Waals surface area contributed by atoms with E-state index in [9.17, 15) is 4.39 Å². The lowest BCUT2D eigenvalue weighted by Gasteiger charge is -2.26. The van der Waals surface area contributed by atoms with Gasteiger partial charge in [0.15, 0.2) is 0 Å². The van der Waals surface area contributed by atoms with Gasteiger partial charge in [0.1, 0.15) is 5.82 Å². The lowest BCUT2D eigenvalue weighted by atomic mass is 9.87. The lowest BCUT2D eigenvalue weighted by molar-refractivity contribution is 0.408. The minimum Gasteiger partial charge on any atom is -0.314 e. The second-order valence-corrected chi connectivity index (χ2v) is 5.51. The molecule has 1 saturated carbocycles. The summed E-state index contributed by atoms with van der Waals surface area (Å²) in [5.41, 5.74) is 0.826. The summed E-state index contributed by atoms with van der Waals surface area (Å²) in [6.45, 7) is 3.05. The maximum Gasteiger partial charge on any atom is 0.128 e. The zero-order valence-electron chi connectivity index (χ0n) is 10.9. The molecule has 0 bridgehead atoms. The molecule has 0 saturated heterocycles. The first-order chi connectivity index (χ1) is 8.72. The van der Waals surface area contributed by atoms with Crippen LogP contribution in [0.2, 0.25) is 5.02 Å². The molecule has 0 aromatic heterocycles. The largest absolute Gasteiger partial charge is 0.314 e. The van der Waals surface area contributed by atoms with Gasteiger partial charge in [-0.25, -0.2) is 4.39 Å². The highest BCUT2D eigenvalue weighted by atomic mass is 35.5. The summed E-state index contributed by atoms with van der Waals surface area (Å²) in [7, 11) is 0. The van der Waals surface area contributed by atoms with Crippen molar-refractivity contribution >= 4 is 11.6 Å². The summed E-state index contributed by atoms with van der Waals surface area (Å²) in [4.78, 5) is 0. The predicted octanol–water partition coefficient (Wildman–Crippen LogP) is 4.50. The van der Waals surface area contributed by atoms with Crippen LogP contribution in [-0.2, 0) is 0 Å². The summed E-state index contributed by atoms with van der Waals surface area (Å²) in [6, 6.07) is 5.49. The maximum atomic E-state index is 14.1. The van der Waals surface area contributed by atoms with Crippen LogP contribution in [0.25, 0.3) is 0 Å². The highest BCUT2D eigenvalue weighted by Gasteiger charge is 2.26. The topological polar surface area (TPSA) is 12.0 Å². The van der Waals surface area contributed by atoms with E-state index in [-0.39, 0.29) is 11.7 Å². The van der Waals surface area contributed by atoms with Gasteiger partial charge in [-0.2, -0.15) is 0 Å². The normalized spacial score (nSPS) is 24.8. The van der Waals surface area contributed by atoms with Crippen molar-refractivity contribution < 1.29 is 4.39 Å². The molecular weight excluding hydrogens is 249 g/mol. The van der Waals surface area contributed by atoms with Crippen molar-refractivity contribution in [2.24, 2.45) is 0 Å². The number of likely N-dealkylation sites (N-methyl/N-ethyl adjacent to an activating group) is 1. The summed E-state index contributed by atoms with van der Waals surface area (Å²) in [6.07, 6.45) is 5.89. The minimum absolute atomic E-state index is 0.155. The van der Waals surface area contributed by atoms with Crippen LogP contribution >= 0.6 is 11.6 Å². The second-order valence-electron chi connectivity index (χ2n) is 5.07. The molecule has 1 aromatic rings. The maximum absolute atomic E-state index is 14.1. The number of hydrogen-bond donors (Lipinski definition) is 1. The van der Waals surface area contributed by atoms with Crippen molar-refractivity contribution in [1.82, 2.24) is 5.32 Å². The number of halogens is 2. The summed E-state index contributed by atoms with van der Waals surface area (Å²) < 4.78 is 14.1. The monoisotopic (exact) mass is 269 g/mol. The Kier molecular flexibility index (Phi) is 5.02. The first kappa shape index (κ1) is 13.8. The Morgan fingerprint density at radius 2 is 2.06 bits per heavy atom. The van der Waals surface area contributed by atoms with Crippen molar-refractivity contribution in [1.29, 1.82) is 0 Å². The van der Waals surface area contributed by atoms with Crippen LogP contribution in [-0.4, -0.2) is 12.6 Å². The van der Waals surface area contributed by atoms with Crippen LogP contribution in [0.4, 0.5) is 4.39 Å². The van der Waals surface area contributed by atoms with Gasteiger partial charge in [0.25, 0.3) is 0 Å². The minimum atomic E-state index is -0.155. The van der Waals surface area contributed by atoms with Crippen LogP contribution in [0.1, 0.15) is 50.5 Å². The van der Waals surface area contributed by atoms with Crippen molar-refractivity contribution in [3.05, 3.63) is 34.6 Å². The van der Waals surface area contributed by atoms with Gasteiger partial charge in [0.2, 0.25) is 0 Å². The predicted molar refractivity (Wildman–Crippen MR) is 74.7 cm³/mol. The Bertz CT molecular complexity index is 394. The van der Waals surface area contributed by atoms with Gasteiger partial charge in [-0.3, -0.25) is 0 Å². The molecule has 1 aliphatic carbocycles. The molecule has 2 atom stereocenters. The van der Waals surface area contributed by atoms with Gasteiger partial charge >= 0.3 is 0 Å². The fraction of sp³-hybridized carbons (Fsp3) is 0.600. The molecule has 2 rings (SSSR count).